The van der Waals surface area contributed by atoms with E-state index in [2.05, 4.69) is 24.5 Å². The largest absolute Gasteiger partial charge is 0.303 e. The summed E-state index contributed by atoms with van der Waals surface area (Å²) in [6.45, 7) is 6.21. The number of rotatable bonds is 6. The van der Waals surface area contributed by atoms with Gasteiger partial charge in [0, 0.05) is 13.1 Å². The molecule has 0 heterocycles. The summed E-state index contributed by atoms with van der Waals surface area (Å²) in [4.78, 5) is 2.69. The Hall–Kier alpha value is 0.310. The van der Waals surface area contributed by atoms with Crippen LogP contribution in [0.25, 0.3) is 0 Å². The molecule has 2 heteroatoms. The van der Waals surface area contributed by atoms with Crippen molar-refractivity contribution in [3.05, 3.63) is 0 Å². The summed E-state index contributed by atoms with van der Waals surface area (Å²) in [5.41, 5.74) is 0.548. The Morgan fingerprint density at radius 2 is 1.88 bits per heavy atom. The fourth-order valence-corrected chi connectivity index (χ4v) is 3.53. The molecular weight excluding hydrogens is 214 g/mol. The maximum atomic E-state index is 4.64. The molecule has 2 fully saturated rings. The molecule has 0 radical (unpaired) electrons. The lowest BCUT2D eigenvalue weighted by Crippen LogP contribution is -2.41. The van der Waals surface area contributed by atoms with Crippen molar-refractivity contribution in [2.45, 2.75) is 51.9 Å². The molecule has 0 bridgehead atoms. The standard InChI is InChI=1S/C14H27NS/c1-2-15(10-13-6-7-13)11-14(12-16)8-4-3-5-9-14/h13,16H,2-12H2,1H3. The van der Waals surface area contributed by atoms with Crippen molar-refractivity contribution in [1.29, 1.82) is 0 Å². The minimum atomic E-state index is 0.548. The third-order valence-corrected chi connectivity index (χ3v) is 5.14. The normalized spacial score (nSPS) is 24.9. The van der Waals surface area contributed by atoms with Gasteiger partial charge in [0.05, 0.1) is 0 Å². The van der Waals surface area contributed by atoms with E-state index in [-0.39, 0.29) is 0 Å². The molecule has 0 aliphatic heterocycles. The van der Waals surface area contributed by atoms with Crippen LogP contribution in [0.4, 0.5) is 0 Å². The van der Waals surface area contributed by atoms with Crippen molar-refractivity contribution in [1.82, 2.24) is 4.90 Å². The Morgan fingerprint density at radius 3 is 2.38 bits per heavy atom. The van der Waals surface area contributed by atoms with Gasteiger partial charge in [-0.05, 0) is 49.3 Å². The average Bonchev–Trinajstić information content (AvgIpc) is 3.13. The highest BCUT2D eigenvalue weighted by Gasteiger charge is 2.33. The second kappa shape index (κ2) is 5.77. The summed E-state index contributed by atoms with van der Waals surface area (Å²) in [6.07, 6.45) is 10.1. The first-order valence-electron chi connectivity index (χ1n) is 7.11. The van der Waals surface area contributed by atoms with Crippen LogP contribution < -0.4 is 0 Å². The van der Waals surface area contributed by atoms with Gasteiger partial charge in [-0.15, -0.1) is 0 Å². The zero-order chi connectivity index (χ0) is 11.4. The van der Waals surface area contributed by atoms with Crippen LogP contribution >= 0.6 is 12.6 Å². The molecule has 2 aliphatic rings. The van der Waals surface area contributed by atoms with Gasteiger partial charge in [-0.25, -0.2) is 0 Å². The van der Waals surface area contributed by atoms with Crippen molar-refractivity contribution in [3.8, 4) is 0 Å². The predicted molar refractivity (Wildman–Crippen MR) is 74.2 cm³/mol. The Balaban J connectivity index is 1.86. The minimum absolute atomic E-state index is 0.548. The second-order valence-corrected chi connectivity index (χ2v) is 6.31. The molecule has 0 aromatic rings. The molecule has 2 rings (SSSR count). The van der Waals surface area contributed by atoms with E-state index in [0.717, 1.165) is 11.7 Å². The SMILES string of the molecule is CCN(CC1CC1)CC1(CS)CCCCC1. The first-order chi connectivity index (χ1) is 7.78. The summed E-state index contributed by atoms with van der Waals surface area (Å²) in [6, 6.07) is 0. The van der Waals surface area contributed by atoms with Gasteiger partial charge in [-0.2, -0.15) is 12.6 Å². The maximum absolute atomic E-state index is 4.64. The van der Waals surface area contributed by atoms with Crippen LogP contribution in [0, 0.1) is 11.3 Å². The lowest BCUT2D eigenvalue weighted by Gasteiger charge is -2.40. The summed E-state index contributed by atoms with van der Waals surface area (Å²) >= 11 is 4.64. The molecule has 0 spiro atoms. The van der Waals surface area contributed by atoms with Gasteiger partial charge in [0.1, 0.15) is 0 Å². The quantitative estimate of drug-likeness (QED) is 0.695. The molecule has 94 valence electrons. The molecule has 16 heavy (non-hydrogen) atoms. The zero-order valence-corrected chi connectivity index (χ0v) is 11.6. The van der Waals surface area contributed by atoms with Crippen LogP contribution in [0.2, 0.25) is 0 Å². The third kappa shape index (κ3) is 3.40. The minimum Gasteiger partial charge on any atom is -0.303 e. The fraction of sp³-hybridized carbons (Fsp3) is 1.00. The van der Waals surface area contributed by atoms with E-state index in [1.54, 1.807) is 0 Å². The lowest BCUT2D eigenvalue weighted by molar-refractivity contribution is 0.126. The molecule has 0 aromatic carbocycles. The molecule has 0 amide bonds. The van der Waals surface area contributed by atoms with Crippen LogP contribution in [-0.2, 0) is 0 Å². The summed E-state index contributed by atoms with van der Waals surface area (Å²) in [7, 11) is 0. The van der Waals surface area contributed by atoms with Crippen LogP contribution in [0.15, 0.2) is 0 Å². The van der Waals surface area contributed by atoms with Crippen LogP contribution in [0.1, 0.15) is 51.9 Å². The Morgan fingerprint density at radius 1 is 1.19 bits per heavy atom. The second-order valence-electron chi connectivity index (χ2n) is 5.99. The van der Waals surface area contributed by atoms with Gasteiger partial charge in [-0.3, -0.25) is 0 Å². The fourth-order valence-electron chi connectivity index (χ4n) is 3.11. The highest BCUT2D eigenvalue weighted by atomic mass is 32.1. The number of thiol groups is 1. The van der Waals surface area contributed by atoms with Crippen LogP contribution in [-0.4, -0.2) is 30.3 Å². The van der Waals surface area contributed by atoms with Crippen molar-refractivity contribution < 1.29 is 0 Å². The molecule has 0 unspecified atom stereocenters. The van der Waals surface area contributed by atoms with Crippen molar-refractivity contribution in [2.75, 3.05) is 25.4 Å². The van der Waals surface area contributed by atoms with E-state index < -0.39 is 0 Å². The molecule has 1 nitrogen and oxygen atoms in total. The number of hydrogen-bond acceptors (Lipinski definition) is 2. The van der Waals surface area contributed by atoms with Gasteiger partial charge in [0.15, 0.2) is 0 Å². The number of nitrogens with zero attached hydrogens (tertiary/aromatic N) is 1. The highest BCUT2D eigenvalue weighted by molar-refractivity contribution is 7.80. The first-order valence-corrected chi connectivity index (χ1v) is 7.74. The van der Waals surface area contributed by atoms with E-state index in [9.17, 15) is 0 Å². The van der Waals surface area contributed by atoms with Gasteiger partial charge < -0.3 is 4.90 Å². The molecule has 2 aliphatic carbocycles. The smallest absolute Gasteiger partial charge is 0.00458 e. The summed E-state index contributed by atoms with van der Waals surface area (Å²) < 4.78 is 0. The van der Waals surface area contributed by atoms with Crippen molar-refractivity contribution >= 4 is 12.6 Å². The molecule has 0 saturated heterocycles. The molecular formula is C14H27NS. The average molecular weight is 241 g/mol. The highest BCUT2D eigenvalue weighted by Crippen LogP contribution is 2.39. The molecule has 2 saturated carbocycles. The zero-order valence-electron chi connectivity index (χ0n) is 10.7. The van der Waals surface area contributed by atoms with Gasteiger partial charge in [-0.1, -0.05) is 26.2 Å². The predicted octanol–water partition coefficient (Wildman–Crippen LogP) is 3.60. The van der Waals surface area contributed by atoms with Gasteiger partial charge >= 0.3 is 0 Å². The van der Waals surface area contributed by atoms with Crippen molar-refractivity contribution in [3.63, 3.8) is 0 Å². The lowest BCUT2D eigenvalue weighted by atomic mass is 9.75. The number of hydrogen-bond donors (Lipinski definition) is 1. The van der Waals surface area contributed by atoms with Crippen molar-refractivity contribution in [2.24, 2.45) is 11.3 Å². The van der Waals surface area contributed by atoms with E-state index in [4.69, 9.17) is 0 Å². The van der Waals surface area contributed by atoms with Crippen LogP contribution in [0.5, 0.6) is 0 Å². The van der Waals surface area contributed by atoms with E-state index >= 15 is 0 Å². The maximum Gasteiger partial charge on any atom is 0.00458 e. The van der Waals surface area contributed by atoms with E-state index in [1.165, 1.54) is 64.6 Å². The Labute approximate surface area is 106 Å². The topological polar surface area (TPSA) is 3.24 Å². The summed E-state index contributed by atoms with van der Waals surface area (Å²) in [5, 5.41) is 0. The molecule has 0 aromatic heterocycles. The summed E-state index contributed by atoms with van der Waals surface area (Å²) in [5.74, 6) is 2.12. The van der Waals surface area contributed by atoms with E-state index in [1.807, 2.05) is 0 Å². The van der Waals surface area contributed by atoms with Gasteiger partial charge in [0.2, 0.25) is 0 Å². The Bertz CT molecular complexity index is 207. The van der Waals surface area contributed by atoms with Crippen LogP contribution in [0.3, 0.4) is 0 Å². The van der Waals surface area contributed by atoms with E-state index in [0.29, 0.717) is 5.41 Å². The third-order valence-electron chi connectivity index (χ3n) is 4.47. The molecule has 0 atom stereocenters. The monoisotopic (exact) mass is 241 g/mol. The van der Waals surface area contributed by atoms with Gasteiger partial charge in [0.25, 0.3) is 0 Å². The molecule has 0 N–H and O–H groups in total. The Kier molecular flexibility index (Phi) is 4.60. The first kappa shape index (κ1) is 12.8.